The quantitative estimate of drug-likeness (QED) is 0.141. The summed E-state index contributed by atoms with van der Waals surface area (Å²) in [5.41, 5.74) is -2.32. The van der Waals surface area contributed by atoms with Gasteiger partial charge in [0.1, 0.15) is 42.6 Å². The molecule has 0 unspecified atom stereocenters. The van der Waals surface area contributed by atoms with Crippen LogP contribution in [0.3, 0.4) is 0 Å². The van der Waals surface area contributed by atoms with Crippen LogP contribution in [0.5, 0.6) is 0 Å². The van der Waals surface area contributed by atoms with Gasteiger partial charge in [-0.2, -0.15) is 0 Å². The third-order valence-corrected chi connectivity index (χ3v) is 7.77. The summed E-state index contributed by atoms with van der Waals surface area (Å²) in [4.78, 5) is 46.9. The Balaban J connectivity index is 2.33. The third-order valence-electron chi connectivity index (χ3n) is 5.04. The average molecular weight is 559 g/mol. The van der Waals surface area contributed by atoms with Gasteiger partial charge in [-0.15, -0.1) is 0 Å². The largest absolute Gasteiger partial charge is 0.463 e. The molecule has 2 aliphatic rings. The minimum atomic E-state index is -1.62. The Morgan fingerprint density at radius 3 is 1.69 bits per heavy atom. The van der Waals surface area contributed by atoms with Crippen molar-refractivity contribution in [3.8, 4) is 0 Å². The first kappa shape index (κ1) is 30.6. The van der Waals surface area contributed by atoms with Crippen molar-refractivity contribution in [3.63, 3.8) is 0 Å². The molecule has 0 aliphatic carbocycles. The van der Waals surface area contributed by atoms with Crippen LogP contribution < -0.4 is 0 Å². The lowest BCUT2D eigenvalue weighted by Crippen LogP contribution is -2.61. The first-order valence-corrected chi connectivity index (χ1v) is 13.1. The molecule has 0 aromatic rings. The van der Waals surface area contributed by atoms with Crippen molar-refractivity contribution >= 4 is 45.5 Å². The van der Waals surface area contributed by atoms with E-state index in [-0.39, 0.29) is 0 Å². The van der Waals surface area contributed by atoms with Gasteiger partial charge in [0.05, 0.1) is 6.61 Å². The number of hydrogen-bond donors (Lipinski definition) is 4. The zero-order chi connectivity index (χ0) is 27.2. The van der Waals surface area contributed by atoms with Gasteiger partial charge in [0.2, 0.25) is 0 Å². The van der Waals surface area contributed by atoms with Crippen molar-refractivity contribution in [2.24, 2.45) is 0 Å². The van der Waals surface area contributed by atoms with E-state index in [2.05, 4.69) is 0 Å². The Bertz CT molecular complexity index is 794. The van der Waals surface area contributed by atoms with Crippen LogP contribution in [0, 0.1) is 0 Å². The molecule has 2 rings (SSSR count). The van der Waals surface area contributed by atoms with E-state index in [1.807, 2.05) is 0 Å². The Morgan fingerprint density at radius 1 is 0.667 bits per heavy atom. The highest BCUT2D eigenvalue weighted by Gasteiger charge is 2.53. The van der Waals surface area contributed by atoms with E-state index in [9.17, 15) is 39.6 Å². The van der Waals surface area contributed by atoms with Crippen LogP contribution in [0.4, 0.5) is 0 Å². The molecule has 14 nitrogen and oxygen atoms in total. The minimum absolute atomic E-state index is 0.403. The molecule has 16 heteroatoms. The Morgan fingerprint density at radius 2 is 1.17 bits per heavy atom. The van der Waals surface area contributed by atoms with Gasteiger partial charge in [0.15, 0.2) is 23.7 Å². The van der Waals surface area contributed by atoms with Crippen molar-refractivity contribution in [3.05, 3.63) is 0 Å². The summed E-state index contributed by atoms with van der Waals surface area (Å²) >= 11 is 0. The summed E-state index contributed by atoms with van der Waals surface area (Å²) in [6, 6.07) is 0. The molecule has 0 radical (unpaired) electrons. The molecule has 0 saturated carbocycles. The second-order valence-corrected chi connectivity index (χ2v) is 10.4. The Kier molecular flexibility index (Phi) is 11.7. The molecule has 4 N–H and O–H groups in total. The third kappa shape index (κ3) is 8.17. The molecule has 0 spiro atoms. The summed E-state index contributed by atoms with van der Waals surface area (Å²) in [7, 11) is 1.67. The number of ether oxygens (including phenoxy) is 6. The second kappa shape index (κ2) is 13.8. The molecular weight excluding hydrogens is 528 g/mol. The van der Waals surface area contributed by atoms with E-state index in [1.165, 1.54) is 0 Å². The molecule has 0 bridgehead atoms. The monoisotopic (exact) mass is 558 g/mol. The van der Waals surface area contributed by atoms with E-state index in [0.717, 1.165) is 49.3 Å². The van der Waals surface area contributed by atoms with Crippen LogP contribution in [0.2, 0.25) is 0 Å². The van der Waals surface area contributed by atoms with E-state index in [1.54, 1.807) is 0 Å². The van der Waals surface area contributed by atoms with Gasteiger partial charge in [-0.3, -0.25) is 19.2 Å². The van der Waals surface area contributed by atoms with E-state index in [0.29, 0.717) is 0 Å². The van der Waals surface area contributed by atoms with E-state index < -0.39 is 96.8 Å². The zero-order valence-corrected chi connectivity index (χ0v) is 21.5. The first-order valence-electron chi connectivity index (χ1n) is 10.8. The molecule has 0 aromatic heterocycles. The molecule has 2 aliphatic heterocycles. The molecular formula is C20H30O14S2. The topological polar surface area (TPSA) is 205 Å². The minimum Gasteiger partial charge on any atom is -0.463 e. The van der Waals surface area contributed by atoms with Crippen molar-refractivity contribution in [1.29, 1.82) is 0 Å². The highest BCUT2D eigenvalue weighted by Crippen LogP contribution is 2.43. The number of aliphatic hydroxyl groups excluding tert-OH is 4. The second-order valence-electron chi connectivity index (χ2n) is 7.96. The molecule has 206 valence electrons. The predicted molar refractivity (Wildman–Crippen MR) is 121 cm³/mol. The maximum absolute atomic E-state index is 11.9. The van der Waals surface area contributed by atoms with Crippen LogP contribution in [0.1, 0.15) is 27.7 Å². The summed E-state index contributed by atoms with van der Waals surface area (Å²) in [5.74, 6) is -2.99. The number of aliphatic hydroxyl groups is 4. The lowest BCUT2D eigenvalue weighted by atomic mass is 9.99. The van der Waals surface area contributed by atoms with Crippen LogP contribution >= 0.6 is 21.6 Å². The lowest BCUT2D eigenvalue weighted by Gasteiger charge is -2.44. The van der Waals surface area contributed by atoms with Gasteiger partial charge in [0.25, 0.3) is 0 Å². The molecule has 10 atom stereocenters. The van der Waals surface area contributed by atoms with Crippen molar-refractivity contribution < 1.29 is 68.0 Å². The standard InChI is InChI=1S/C20H30O14S2/c1-7(22)29-6-12-16(30-8(2)23)17(31-9(3)24)18(32-10(4)25)20(34-12)36-35-19-15(28)14(27)13(26)11(5-21)33-19/h11-21,26-28H,5-6H2,1-4H3/t11-,12-,13+,14+,15-,16-,17+,18-,19+,20+/m1/s1. The summed E-state index contributed by atoms with van der Waals surface area (Å²) in [5, 5.41) is 39.7. The average Bonchev–Trinajstić information content (AvgIpc) is 2.78. The predicted octanol–water partition coefficient (Wildman–Crippen LogP) is -1.75. The van der Waals surface area contributed by atoms with Crippen LogP contribution in [0.25, 0.3) is 0 Å². The number of carbonyl (C=O) groups excluding carboxylic acids is 4. The fraction of sp³-hybridized carbons (Fsp3) is 0.800. The van der Waals surface area contributed by atoms with Gasteiger partial charge in [-0.25, -0.2) is 0 Å². The van der Waals surface area contributed by atoms with Crippen LogP contribution in [-0.4, -0.2) is 117 Å². The van der Waals surface area contributed by atoms with Crippen LogP contribution in [0.15, 0.2) is 0 Å². The zero-order valence-electron chi connectivity index (χ0n) is 19.9. The smallest absolute Gasteiger partial charge is 0.303 e. The van der Waals surface area contributed by atoms with Gasteiger partial charge >= 0.3 is 23.9 Å². The molecule has 0 amide bonds. The van der Waals surface area contributed by atoms with E-state index in [4.69, 9.17) is 28.4 Å². The van der Waals surface area contributed by atoms with Gasteiger partial charge in [-0.05, 0) is 0 Å². The number of carbonyl (C=O) groups is 4. The van der Waals surface area contributed by atoms with Crippen molar-refractivity contribution in [2.75, 3.05) is 13.2 Å². The molecule has 2 fully saturated rings. The van der Waals surface area contributed by atoms with Gasteiger partial charge in [0, 0.05) is 27.7 Å². The summed E-state index contributed by atoms with van der Waals surface area (Å²) in [6.45, 7) is 3.41. The van der Waals surface area contributed by atoms with Crippen molar-refractivity contribution in [1.82, 2.24) is 0 Å². The molecule has 2 saturated heterocycles. The van der Waals surface area contributed by atoms with Crippen molar-refractivity contribution in [2.45, 2.75) is 87.4 Å². The lowest BCUT2D eigenvalue weighted by molar-refractivity contribution is -0.237. The molecule has 36 heavy (non-hydrogen) atoms. The summed E-state index contributed by atoms with van der Waals surface area (Å²) in [6.07, 6.45) is -11.1. The fourth-order valence-corrected chi connectivity index (χ4v) is 6.31. The number of esters is 4. The maximum atomic E-state index is 11.9. The van der Waals surface area contributed by atoms with Gasteiger partial charge in [-0.1, -0.05) is 21.6 Å². The molecule has 2 heterocycles. The van der Waals surface area contributed by atoms with Crippen LogP contribution in [-0.2, 0) is 47.6 Å². The summed E-state index contributed by atoms with van der Waals surface area (Å²) < 4.78 is 32.3. The normalized spacial score (nSPS) is 36.4. The Labute approximate surface area is 214 Å². The number of rotatable bonds is 9. The number of hydrogen-bond acceptors (Lipinski definition) is 16. The first-order chi connectivity index (χ1) is 16.8. The van der Waals surface area contributed by atoms with E-state index >= 15 is 0 Å². The highest BCUT2D eigenvalue weighted by molar-refractivity contribution is 8.77. The fourth-order valence-electron chi connectivity index (χ4n) is 3.52. The van der Waals surface area contributed by atoms with Gasteiger partial charge < -0.3 is 48.8 Å². The maximum Gasteiger partial charge on any atom is 0.303 e. The highest BCUT2D eigenvalue weighted by atomic mass is 33.1. The Hall–Kier alpha value is -1.66. The SMILES string of the molecule is CC(=O)OC[C@H]1O[C@@H](SS[C@@H]2O[C@H](CO)[C@H](O)[C@H](O)[C@H]2O)[C@H](OC(C)=O)[C@@H](OC(C)=O)[C@@H]1OC(C)=O. The molecule has 0 aromatic carbocycles.